The molecule has 1 aromatic rings. The maximum absolute atomic E-state index is 11.9. The minimum atomic E-state index is -0.475. The molecule has 0 aliphatic heterocycles. The van der Waals surface area contributed by atoms with E-state index in [9.17, 15) is 9.90 Å². The third-order valence-electron chi connectivity index (χ3n) is 3.54. The Morgan fingerprint density at radius 3 is 2.50 bits per heavy atom. The van der Waals surface area contributed by atoms with Gasteiger partial charge in [-0.2, -0.15) is 0 Å². The van der Waals surface area contributed by atoms with Crippen LogP contribution in [0, 0.1) is 0 Å². The minimum absolute atomic E-state index is 0.106. The molecule has 0 bridgehead atoms. The van der Waals surface area contributed by atoms with Crippen molar-refractivity contribution in [3.8, 4) is 5.75 Å². The van der Waals surface area contributed by atoms with Gasteiger partial charge in [0.15, 0.2) is 0 Å². The number of hydrogen-bond acceptors (Lipinski definition) is 3. The first-order valence-corrected chi connectivity index (χ1v) is 7.13. The van der Waals surface area contributed by atoms with Crippen molar-refractivity contribution in [1.29, 1.82) is 0 Å². The van der Waals surface area contributed by atoms with Crippen molar-refractivity contribution < 1.29 is 14.6 Å². The molecule has 0 saturated heterocycles. The standard InChI is InChI=1S/C16H23NO3/c1-16(2,3)20-15(19)17-14-6-4-5-13(14)11-7-9-12(18)10-8-11/h7-10,13-14,18H,4-6H2,1-3H3,(H,17,19). The molecule has 1 aliphatic rings. The Kier molecular flexibility index (Phi) is 4.21. The maximum atomic E-state index is 11.9. The van der Waals surface area contributed by atoms with Crippen LogP contribution in [0.2, 0.25) is 0 Å². The molecule has 2 N–H and O–H groups in total. The first-order chi connectivity index (χ1) is 9.35. The Hall–Kier alpha value is -1.71. The van der Waals surface area contributed by atoms with Gasteiger partial charge in [0.05, 0.1) is 0 Å². The molecule has 1 fully saturated rings. The minimum Gasteiger partial charge on any atom is -0.508 e. The molecule has 4 heteroatoms. The lowest BCUT2D eigenvalue weighted by Gasteiger charge is -2.25. The van der Waals surface area contributed by atoms with Gasteiger partial charge in [-0.3, -0.25) is 0 Å². The fourth-order valence-corrected chi connectivity index (χ4v) is 2.71. The summed E-state index contributed by atoms with van der Waals surface area (Å²) in [5, 5.41) is 12.3. The average Bonchev–Trinajstić information content (AvgIpc) is 2.75. The van der Waals surface area contributed by atoms with Crippen molar-refractivity contribution >= 4 is 6.09 Å². The van der Waals surface area contributed by atoms with Gasteiger partial charge in [0, 0.05) is 12.0 Å². The van der Waals surface area contributed by atoms with Crippen molar-refractivity contribution in [2.24, 2.45) is 0 Å². The molecule has 0 aromatic heterocycles. The number of phenolic OH excluding ortho intramolecular Hbond substituents is 1. The number of amides is 1. The number of benzene rings is 1. The van der Waals surface area contributed by atoms with Crippen LogP contribution in [-0.2, 0) is 4.74 Å². The van der Waals surface area contributed by atoms with Crippen LogP contribution in [0.5, 0.6) is 5.75 Å². The van der Waals surface area contributed by atoms with E-state index >= 15 is 0 Å². The average molecular weight is 277 g/mol. The molecule has 110 valence electrons. The second-order valence-electron chi connectivity index (χ2n) is 6.38. The highest BCUT2D eigenvalue weighted by Gasteiger charge is 2.31. The Labute approximate surface area is 120 Å². The number of carbonyl (C=O) groups is 1. The molecular formula is C16H23NO3. The number of hydrogen-bond donors (Lipinski definition) is 2. The molecule has 1 saturated carbocycles. The highest BCUT2D eigenvalue weighted by molar-refractivity contribution is 5.68. The van der Waals surface area contributed by atoms with E-state index in [4.69, 9.17) is 4.74 Å². The van der Waals surface area contributed by atoms with Gasteiger partial charge < -0.3 is 15.2 Å². The van der Waals surface area contributed by atoms with Crippen LogP contribution in [0.15, 0.2) is 24.3 Å². The van der Waals surface area contributed by atoms with Crippen molar-refractivity contribution in [3.05, 3.63) is 29.8 Å². The third kappa shape index (κ3) is 3.89. The summed E-state index contributed by atoms with van der Waals surface area (Å²) in [6.45, 7) is 5.58. The van der Waals surface area contributed by atoms with E-state index in [1.807, 2.05) is 32.9 Å². The summed E-state index contributed by atoms with van der Waals surface area (Å²) in [6.07, 6.45) is 2.75. The predicted molar refractivity (Wildman–Crippen MR) is 77.9 cm³/mol. The molecule has 1 amide bonds. The van der Waals surface area contributed by atoms with Crippen LogP contribution in [0.25, 0.3) is 0 Å². The van der Waals surface area contributed by atoms with Crippen molar-refractivity contribution in [2.75, 3.05) is 0 Å². The Morgan fingerprint density at radius 2 is 1.90 bits per heavy atom. The normalized spacial score (nSPS) is 22.6. The zero-order valence-electron chi connectivity index (χ0n) is 12.3. The van der Waals surface area contributed by atoms with Crippen LogP contribution in [0.3, 0.4) is 0 Å². The zero-order valence-corrected chi connectivity index (χ0v) is 12.3. The van der Waals surface area contributed by atoms with Gasteiger partial charge in [0.2, 0.25) is 0 Å². The van der Waals surface area contributed by atoms with E-state index in [1.165, 1.54) is 0 Å². The number of rotatable bonds is 2. The van der Waals surface area contributed by atoms with E-state index in [2.05, 4.69) is 5.32 Å². The van der Waals surface area contributed by atoms with E-state index in [0.717, 1.165) is 24.8 Å². The molecule has 2 atom stereocenters. The summed E-state index contributed by atoms with van der Waals surface area (Å²) in [6, 6.07) is 7.34. The largest absolute Gasteiger partial charge is 0.508 e. The van der Waals surface area contributed by atoms with E-state index in [1.54, 1.807) is 12.1 Å². The van der Waals surface area contributed by atoms with Crippen LogP contribution in [0.4, 0.5) is 4.79 Å². The fraction of sp³-hybridized carbons (Fsp3) is 0.562. The number of aromatic hydroxyl groups is 1. The molecule has 0 heterocycles. The second kappa shape index (κ2) is 5.73. The number of carbonyl (C=O) groups excluding carboxylic acids is 1. The first kappa shape index (κ1) is 14.7. The molecule has 1 aliphatic carbocycles. The van der Waals surface area contributed by atoms with Gasteiger partial charge in [-0.25, -0.2) is 4.79 Å². The molecule has 4 nitrogen and oxygen atoms in total. The summed E-state index contributed by atoms with van der Waals surface area (Å²) < 4.78 is 5.31. The summed E-state index contributed by atoms with van der Waals surface area (Å²) in [7, 11) is 0. The number of alkyl carbamates (subject to hydrolysis) is 1. The molecule has 1 aromatic carbocycles. The van der Waals surface area contributed by atoms with Crippen LogP contribution < -0.4 is 5.32 Å². The van der Waals surface area contributed by atoms with Crippen LogP contribution >= 0.6 is 0 Å². The molecule has 2 rings (SSSR count). The Bertz CT molecular complexity index is 462. The summed E-state index contributed by atoms with van der Waals surface area (Å²) >= 11 is 0. The lowest BCUT2D eigenvalue weighted by Crippen LogP contribution is -2.40. The third-order valence-corrected chi connectivity index (χ3v) is 3.54. The smallest absolute Gasteiger partial charge is 0.407 e. The predicted octanol–water partition coefficient (Wildman–Crippen LogP) is 3.55. The number of phenols is 1. The van der Waals surface area contributed by atoms with Crippen molar-refractivity contribution in [2.45, 2.75) is 57.6 Å². The number of ether oxygens (including phenoxy) is 1. The van der Waals surface area contributed by atoms with Gasteiger partial charge in [-0.1, -0.05) is 18.6 Å². The van der Waals surface area contributed by atoms with E-state index in [-0.39, 0.29) is 17.9 Å². The van der Waals surface area contributed by atoms with Crippen molar-refractivity contribution in [3.63, 3.8) is 0 Å². The molecule has 2 unspecified atom stereocenters. The van der Waals surface area contributed by atoms with Gasteiger partial charge >= 0.3 is 6.09 Å². The number of nitrogens with one attached hydrogen (secondary N) is 1. The monoisotopic (exact) mass is 277 g/mol. The topological polar surface area (TPSA) is 58.6 Å². The van der Waals surface area contributed by atoms with Crippen LogP contribution in [-0.4, -0.2) is 22.8 Å². The van der Waals surface area contributed by atoms with E-state index in [0.29, 0.717) is 5.92 Å². The lowest BCUT2D eigenvalue weighted by atomic mass is 9.94. The molecule has 20 heavy (non-hydrogen) atoms. The molecule has 0 radical (unpaired) electrons. The van der Waals surface area contributed by atoms with Gasteiger partial charge in [-0.05, 0) is 51.3 Å². The van der Waals surface area contributed by atoms with Gasteiger partial charge in [0.25, 0.3) is 0 Å². The summed E-state index contributed by atoms with van der Waals surface area (Å²) in [5.74, 6) is 0.562. The van der Waals surface area contributed by atoms with Gasteiger partial charge in [0.1, 0.15) is 11.4 Å². The highest BCUT2D eigenvalue weighted by Crippen LogP contribution is 2.35. The SMILES string of the molecule is CC(C)(C)OC(=O)NC1CCCC1c1ccc(O)cc1. The second-order valence-corrected chi connectivity index (χ2v) is 6.38. The quantitative estimate of drug-likeness (QED) is 0.869. The van der Waals surface area contributed by atoms with E-state index < -0.39 is 5.60 Å². The van der Waals surface area contributed by atoms with Gasteiger partial charge in [-0.15, -0.1) is 0 Å². The maximum Gasteiger partial charge on any atom is 0.407 e. The Balaban J connectivity index is 2.00. The van der Waals surface area contributed by atoms with Crippen LogP contribution in [0.1, 0.15) is 51.5 Å². The molecular weight excluding hydrogens is 254 g/mol. The fourth-order valence-electron chi connectivity index (χ4n) is 2.71. The summed E-state index contributed by atoms with van der Waals surface area (Å²) in [4.78, 5) is 11.9. The Morgan fingerprint density at radius 1 is 1.25 bits per heavy atom. The molecule has 0 spiro atoms. The lowest BCUT2D eigenvalue weighted by molar-refractivity contribution is 0.0501. The zero-order chi connectivity index (χ0) is 14.8. The highest BCUT2D eigenvalue weighted by atomic mass is 16.6. The summed E-state index contributed by atoms with van der Waals surface area (Å²) in [5.41, 5.74) is 0.679. The first-order valence-electron chi connectivity index (χ1n) is 7.13. The van der Waals surface area contributed by atoms with Crippen molar-refractivity contribution in [1.82, 2.24) is 5.32 Å².